The van der Waals surface area contributed by atoms with Crippen LogP contribution in [0.1, 0.15) is 11.7 Å². The van der Waals surface area contributed by atoms with Crippen molar-refractivity contribution in [2.75, 3.05) is 6.61 Å². The van der Waals surface area contributed by atoms with Crippen LogP contribution in [-0.2, 0) is 0 Å². The fraction of sp³-hybridized carbons (Fsp3) is 0.286. The Hall–Kier alpha value is -1.10. The highest BCUT2D eigenvalue weighted by atomic mass is 79.9. The van der Waals surface area contributed by atoms with E-state index in [9.17, 15) is 0 Å². The third-order valence-electron chi connectivity index (χ3n) is 1.46. The Balaban J connectivity index is 2.91. The van der Waals surface area contributed by atoms with Gasteiger partial charge in [-0.05, 0) is 33.6 Å². The zero-order chi connectivity index (χ0) is 9.68. The molecule has 1 aromatic rings. The third kappa shape index (κ3) is 2.69. The lowest BCUT2D eigenvalue weighted by molar-refractivity contribution is 0.266. The van der Waals surface area contributed by atoms with Gasteiger partial charge in [0, 0.05) is 15.6 Å². The van der Waals surface area contributed by atoms with E-state index in [-0.39, 0.29) is 6.61 Å². The van der Waals surface area contributed by atoms with Crippen LogP contribution >= 0.6 is 15.9 Å². The second kappa shape index (κ2) is 4.81. The van der Waals surface area contributed by atoms with Crippen LogP contribution in [0.25, 0.3) is 10.4 Å². The molecule has 0 saturated carbocycles. The van der Waals surface area contributed by atoms with E-state index in [0.29, 0.717) is 5.69 Å². The number of nitrogens with zero attached hydrogens (tertiary/aromatic N) is 4. The molecule has 6 heteroatoms. The van der Waals surface area contributed by atoms with Crippen molar-refractivity contribution in [3.05, 3.63) is 38.9 Å². The number of azide groups is 1. The SMILES string of the molecule is [N-]=[N+]=NC(CO)c1ccc(Br)cn1. The molecule has 0 aliphatic rings. The molecule has 1 unspecified atom stereocenters. The molecule has 0 bridgehead atoms. The van der Waals surface area contributed by atoms with Crippen LogP contribution in [0, 0.1) is 0 Å². The molecule has 5 nitrogen and oxygen atoms in total. The topological polar surface area (TPSA) is 81.9 Å². The van der Waals surface area contributed by atoms with Crippen molar-refractivity contribution >= 4 is 15.9 Å². The first-order valence-electron chi connectivity index (χ1n) is 3.54. The van der Waals surface area contributed by atoms with Gasteiger partial charge in [0.1, 0.15) is 6.04 Å². The maximum atomic E-state index is 8.86. The zero-order valence-corrected chi connectivity index (χ0v) is 8.22. The summed E-state index contributed by atoms with van der Waals surface area (Å²) in [4.78, 5) is 6.62. The Morgan fingerprint density at radius 2 is 2.46 bits per heavy atom. The third-order valence-corrected chi connectivity index (χ3v) is 1.92. The molecule has 1 rings (SSSR count). The van der Waals surface area contributed by atoms with E-state index in [1.54, 1.807) is 18.3 Å². The van der Waals surface area contributed by atoms with Crippen LogP contribution in [0.2, 0.25) is 0 Å². The minimum atomic E-state index is -0.599. The Bertz CT molecular complexity index is 320. The fourth-order valence-corrected chi connectivity index (χ4v) is 1.07. The van der Waals surface area contributed by atoms with Crippen molar-refractivity contribution in [2.24, 2.45) is 5.11 Å². The normalized spacial score (nSPS) is 11.8. The van der Waals surface area contributed by atoms with Gasteiger partial charge in [-0.2, -0.15) is 0 Å². The summed E-state index contributed by atoms with van der Waals surface area (Å²) in [6.45, 7) is -0.237. The second-order valence-electron chi connectivity index (χ2n) is 2.30. The zero-order valence-electron chi connectivity index (χ0n) is 6.63. The van der Waals surface area contributed by atoms with Gasteiger partial charge in [0.2, 0.25) is 0 Å². The molecule has 0 aromatic carbocycles. The number of aromatic nitrogens is 1. The van der Waals surface area contributed by atoms with Gasteiger partial charge in [-0.25, -0.2) is 0 Å². The first kappa shape index (κ1) is 9.98. The first-order valence-corrected chi connectivity index (χ1v) is 4.33. The van der Waals surface area contributed by atoms with Gasteiger partial charge in [0.15, 0.2) is 0 Å². The van der Waals surface area contributed by atoms with E-state index in [2.05, 4.69) is 30.9 Å². The lowest BCUT2D eigenvalue weighted by Gasteiger charge is -2.05. The number of pyridine rings is 1. The van der Waals surface area contributed by atoms with Crippen molar-refractivity contribution in [1.29, 1.82) is 0 Å². The number of hydrogen-bond donors (Lipinski definition) is 1. The molecule has 0 saturated heterocycles. The lowest BCUT2D eigenvalue weighted by Crippen LogP contribution is -2.02. The standard InChI is InChI=1S/C7H7BrN4O/c8-5-1-2-6(10-3-5)7(4-13)11-12-9/h1-3,7,13H,4H2. The van der Waals surface area contributed by atoms with E-state index in [1.807, 2.05) is 0 Å². The predicted octanol–water partition coefficient (Wildman–Crippen LogP) is 2.19. The molecule has 68 valence electrons. The van der Waals surface area contributed by atoms with Crippen LogP contribution in [0.4, 0.5) is 0 Å². The predicted molar refractivity (Wildman–Crippen MR) is 50.9 cm³/mol. The van der Waals surface area contributed by atoms with Crippen LogP contribution in [0.3, 0.4) is 0 Å². The minimum Gasteiger partial charge on any atom is -0.396 e. The fourth-order valence-electron chi connectivity index (χ4n) is 0.836. The highest BCUT2D eigenvalue weighted by molar-refractivity contribution is 9.10. The smallest absolute Gasteiger partial charge is 0.103 e. The second-order valence-corrected chi connectivity index (χ2v) is 3.22. The van der Waals surface area contributed by atoms with Crippen molar-refractivity contribution in [3.63, 3.8) is 0 Å². The molecule has 13 heavy (non-hydrogen) atoms. The Morgan fingerprint density at radius 1 is 1.69 bits per heavy atom. The largest absolute Gasteiger partial charge is 0.396 e. The van der Waals surface area contributed by atoms with Gasteiger partial charge in [-0.3, -0.25) is 4.98 Å². The van der Waals surface area contributed by atoms with Gasteiger partial charge in [0.25, 0.3) is 0 Å². The molecule has 0 fully saturated rings. The molecule has 0 spiro atoms. The lowest BCUT2D eigenvalue weighted by atomic mass is 10.2. The van der Waals surface area contributed by atoms with Crippen LogP contribution < -0.4 is 0 Å². The van der Waals surface area contributed by atoms with E-state index in [0.717, 1.165) is 4.47 Å². The van der Waals surface area contributed by atoms with Gasteiger partial charge in [-0.1, -0.05) is 5.11 Å². The molecular formula is C7H7BrN4O. The van der Waals surface area contributed by atoms with E-state index in [1.165, 1.54) is 0 Å². The first-order chi connectivity index (χ1) is 6.27. The molecule has 0 aliphatic heterocycles. The molecule has 0 aliphatic carbocycles. The van der Waals surface area contributed by atoms with Gasteiger partial charge in [-0.15, -0.1) is 0 Å². The van der Waals surface area contributed by atoms with E-state index in [4.69, 9.17) is 10.6 Å². The number of hydrogen-bond acceptors (Lipinski definition) is 3. The summed E-state index contributed by atoms with van der Waals surface area (Å²) < 4.78 is 0.842. The number of aliphatic hydroxyl groups is 1. The van der Waals surface area contributed by atoms with Crippen molar-refractivity contribution in [3.8, 4) is 0 Å². The van der Waals surface area contributed by atoms with Crippen molar-refractivity contribution < 1.29 is 5.11 Å². The molecule has 1 aromatic heterocycles. The molecule has 0 amide bonds. The Kier molecular flexibility index (Phi) is 3.70. The van der Waals surface area contributed by atoms with E-state index >= 15 is 0 Å². The maximum Gasteiger partial charge on any atom is 0.103 e. The molecular weight excluding hydrogens is 236 g/mol. The molecule has 0 radical (unpaired) electrons. The highest BCUT2D eigenvalue weighted by Gasteiger charge is 2.08. The van der Waals surface area contributed by atoms with Gasteiger partial charge >= 0.3 is 0 Å². The van der Waals surface area contributed by atoms with Crippen LogP contribution in [0.15, 0.2) is 27.9 Å². The summed E-state index contributed by atoms with van der Waals surface area (Å²) in [5.74, 6) is 0. The number of aliphatic hydroxyl groups excluding tert-OH is 1. The summed E-state index contributed by atoms with van der Waals surface area (Å²) in [5, 5.41) is 12.3. The van der Waals surface area contributed by atoms with Crippen LogP contribution in [0.5, 0.6) is 0 Å². The quantitative estimate of drug-likeness (QED) is 0.501. The minimum absolute atomic E-state index is 0.237. The van der Waals surface area contributed by atoms with Crippen molar-refractivity contribution in [2.45, 2.75) is 6.04 Å². The van der Waals surface area contributed by atoms with Crippen molar-refractivity contribution in [1.82, 2.24) is 4.98 Å². The number of rotatable bonds is 3. The molecule has 1 heterocycles. The summed E-state index contributed by atoms with van der Waals surface area (Å²) >= 11 is 3.23. The Labute approximate surface area is 83.2 Å². The number of halogens is 1. The van der Waals surface area contributed by atoms with Crippen LogP contribution in [-0.4, -0.2) is 16.7 Å². The molecule has 1 N–H and O–H groups in total. The van der Waals surface area contributed by atoms with E-state index < -0.39 is 6.04 Å². The highest BCUT2D eigenvalue weighted by Crippen LogP contribution is 2.16. The van der Waals surface area contributed by atoms with Gasteiger partial charge < -0.3 is 5.11 Å². The Morgan fingerprint density at radius 3 is 2.92 bits per heavy atom. The maximum absolute atomic E-state index is 8.86. The summed E-state index contributed by atoms with van der Waals surface area (Å²) in [7, 11) is 0. The average molecular weight is 243 g/mol. The summed E-state index contributed by atoms with van der Waals surface area (Å²) in [5.41, 5.74) is 8.75. The summed E-state index contributed by atoms with van der Waals surface area (Å²) in [6, 6.07) is 2.87. The average Bonchev–Trinajstić information content (AvgIpc) is 2.16. The monoisotopic (exact) mass is 242 g/mol. The molecule has 1 atom stereocenters. The summed E-state index contributed by atoms with van der Waals surface area (Å²) in [6.07, 6.45) is 1.59. The van der Waals surface area contributed by atoms with Gasteiger partial charge in [0.05, 0.1) is 12.3 Å².